The first-order chi connectivity index (χ1) is 9.78. The lowest BCUT2D eigenvalue weighted by Gasteiger charge is -2.12. The fourth-order valence-corrected chi connectivity index (χ4v) is 3.50. The van der Waals surface area contributed by atoms with E-state index in [4.69, 9.17) is 10.5 Å². The highest BCUT2D eigenvalue weighted by molar-refractivity contribution is 7.17. The van der Waals surface area contributed by atoms with E-state index in [0.29, 0.717) is 13.1 Å². The van der Waals surface area contributed by atoms with E-state index in [1.54, 1.807) is 11.3 Å². The molecule has 4 nitrogen and oxygen atoms in total. The lowest BCUT2D eigenvalue weighted by atomic mass is 10.1. The molecule has 1 fully saturated rings. The number of ether oxygens (including phenoxy) is 1. The van der Waals surface area contributed by atoms with Gasteiger partial charge in [-0.15, -0.1) is 11.3 Å². The Balaban J connectivity index is 1.61. The normalized spacial score (nSPS) is 22.2. The Kier molecular flexibility index (Phi) is 4.00. The van der Waals surface area contributed by atoms with Crippen LogP contribution < -0.4 is 11.1 Å². The van der Waals surface area contributed by atoms with Crippen LogP contribution >= 0.6 is 11.3 Å². The Labute approximate surface area is 121 Å². The van der Waals surface area contributed by atoms with Crippen molar-refractivity contribution in [3.05, 3.63) is 35.2 Å². The third-order valence-corrected chi connectivity index (χ3v) is 4.69. The third-order valence-electron chi connectivity index (χ3n) is 3.68. The van der Waals surface area contributed by atoms with Gasteiger partial charge in [0.1, 0.15) is 6.10 Å². The lowest BCUT2D eigenvalue weighted by molar-refractivity contribution is -0.132. The summed E-state index contributed by atoms with van der Waals surface area (Å²) in [5, 5.41) is 6.28. The maximum Gasteiger partial charge on any atom is 0.249 e. The van der Waals surface area contributed by atoms with Crippen molar-refractivity contribution in [3.63, 3.8) is 0 Å². The lowest BCUT2D eigenvalue weighted by Crippen LogP contribution is -2.35. The van der Waals surface area contributed by atoms with Gasteiger partial charge in [-0.2, -0.15) is 0 Å². The molecule has 0 unspecified atom stereocenters. The van der Waals surface area contributed by atoms with Gasteiger partial charge in [0.2, 0.25) is 5.91 Å². The van der Waals surface area contributed by atoms with Crippen LogP contribution in [0.1, 0.15) is 18.4 Å². The Bertz CT molecular complexity index is 611. The molecule has 0 saturated carbocycles. The molecule has 0 radical (unpaired) electrons. The predicted molar refractivity (Wildman–Crippen MR) is 80.6 cm³/mol. The second kappa shape index (κ2) is 5.91. The molecule has 2 heterocycles. The van der Waals surface area contributed by atoms with Crippen LogP contribution in [0.3, 0.4) is 0 Å². The fourth-order valence-electron chi connectivity index (χ4n) is 2.54. The number of amides is 1. The summed E-state index contributed by atoms with van der Waals surface area (Å²) in [6.07, 6.45) is 1.33. The van der Waals surface area contributed by atoms with Crippen molar-refractivity contribution in [2.75, 3.05) is 6.54 Å². The summed E-state index contributed by atoms with van der Waals surface area (Å²) >= 11 is 1.70. The summed E-state index contributed by atoms with van der Waals surface area (Å²) < 4.78 is 6.84. The van der Waals surface area contributed by atoms with E-state index in [1.807, 2.05) is 12.1 Å². The quantitative estimate of drug-likeness (QED) is 0.905. The van der Waals surface area contributed by atoms with Gasteiger partial charge in [-0.3, -0.25) is 4.79 Å². The van der Waals surface area contributed by atoms with Crippen molar-refractivity contribution in [1.82, 2.24) is 5.32 Å². The second-order valence-corrected chi connectivity index (χ2v) is 5.95. The zero-order valence-electron chi connectivity index (χ0n) is 11.2. The molecule has 1 amide bonds. The maximum atomic E-state index is 12.1. The molecule has 5 heteroatoms. The van der Waals surface area contributed by atoms with Crippen LogP contribution in [0, 0.1) is 0 Å². The predicted octanol–water partition coefficient (Wildman–Crippen LogP) is 2.02. The molecule has 3 rings (SSSR count). The van der Waals surface area contributed by atoms with Crippen LogP contribution in [-0.4, -0.2) is 24.7 Å². The van der Waals surface area contributed by atoms with Crippen molar-refractivity contribution in [3.8, 4) is 0 Å². The number of rotatable bonds is 4. The topological polar surface area (TPSA) is 64.4 Å². The van der Waals surface area contributed by atoms with E-state index in [1.165, 1.54) is 10.1 Å². The van der Waals surface area contributed by atoms with Gasteiger partial charge in [-0.1, -0.05) is 18.2 Å². The molecule has 1 aliphatic heterocycles. The summed E-state index contributed by atoms with van der Waals surface area (Å²) in [6, 6.07) is 8.23. The molecule has 1 aromatic heterocycles. The highest BCUT2D eigenvalue weighted by atomic mass is 32.1. The number of carbonyl (C=O) groups excluding carboxylic acids is 1. The highest BCUT2D eigenvalue weighted by Crippen LogP contribution is 2.25. The standard InChI is InChI=1S/C15H18N2O2S/c16-7-11-5-6-13(19-11)15(18)17-8-10-9-20-14-4-2-1-3-12(10)14/h1-4,9,11,13H,5-8,16H2,(H,17,18)/t11-,13+/m1/s1. The summed E-state index contributed by atoms with van der Waals surface area (Å²) in [4.78, 5) is 12.1. The zero-order chi connectivity index (χ0) is 13.9. The van der Waals surface area contributed by atoms with E-state index in [0.717, 1.165) is 18.4 Å². The van der Waals surface area contributed by atoms with Crippen LogP contribution in [0.15, 0.2) is 29.6 Å². The van der Waals surface area contributed by atoms with Crippen molar-refractivity contribution < 1.29 is 9.53 Å². The van der Waals surface area contributed by atoms with Crippen molar-refractivity contribution in [1.29, 1.82) is 0 Å². The van der Waals surface area contributed by atoms with E-state index in [-0.39, 0.29) is 18.1 Å². The largest absolute Gasteiger partial charge is 0.364 e. The maximum absolute atomic E-state index is 12.1. The monoisotopic (exact) mass is 290 g/mol. The Morgan fingerprint density at radius 1 is 1.40 bits per heavy atom. The van der Waals surface area contributed by atoms with Crippen molar-refractivity contribution >= 4 is 27.3 Å². The number of nitrogens with two attached hydrogens (primary N) is 1. The van der Waals surface area contributed by atoms with Gasteiger partial charge in [0.25, 0.3) is 0 Å². The van der Waals surface area contributed by atoms with Crippen molar-refractivity contribution in [2.24, 2.45) is 5.73 Å². The molecule has 0 aliphatic carbocycles. The minimum absolute atomic E-state index is 0.0313. The highest BCUT2D eigenvalue weighted by Gasteiger charge is 2.29. The molecule has 3 N–H and O–H groups in total. The molecule has 0 spiro atoms. The molecule has 20 heavy (non-hydrogen) atoms. The van der Waals surface area contributed by atoms with E-state index in [9.17, 15) is 4.79 Å². The van der Waals surface area contributed by atoms with Gasteiger partial charge in [0.15, 0.2) is 0 Å². The molecule has 1 saturated heterocycles. The molecule has 1 aromatic carbocycles. The minimum atomic E-state index is -0.339. The van der Waals surface area contributed by atoms with Gasteiger partial charge in [-0.25, -0.2) is 0 Å². The first kappa shape index (κ1) is 13.5. The Hall–Kier alpha value is -1.43. The van der Waals surface area contributed by atoms with Crippen LogP contribution in [0.25, 0.3) is 10.1 Å². The SMILES string of the molecule is NC[C@H]1CC[C@@H](C(=O)NCc2csc3ccccc23)O1. The van der Waals surface area contributed by atoms with Gasteiger partial charge < -0.3 is 15.8 Å². The number of nitrogens with one attached hydrogen (secondary N) is 1. The van der Waals surface area contributed by atoms with Gasteiger partial charge in [-0.05, 0) is 35.2 Å². The Morgan fingerprint density at radius 3 is 3.05 bits per heavy atom. The smallest absolute Gasteiger partial charge is 0.249 e. The summed E-state index contributed by atoms with van der Waals surface area (Å²) in [5.74, 6) is -0.0313. The van der Waals surface area contributed by atoms with E-state index >= 15 is 0 Å². The number of hydrogen-bond donors (Lipinski definition) is 2. The number of benzene rings is 1. The first-order valence-electron chi connectivity index (χ1n) is 6.86. The summed E-state index contributed by atoms with van der Waals surface area (Å²) in [7, 11) is 0. The van der Waals surface area contributed by atoms with Crippen LogP contribution in [0.2, 0.25) is 0 Å². The molecule has 2 atom stereocenters. The zero-order valence-corrected chi connectivity index (χ0v) is 12.0. The number of fused-ring (bicyclic) bond motifs is 1. The summed E-state index contributed by atoms with van der Waals surface area (Å²) in [6.45, 7) is 1.04. The fraction of sp³-hybridized carbons (Fsp3) is 0.400. The molecular weight excluding hydrogens is 272 g/mol. The average molecular weight is 290 g/mol. The average Bonchev–Trinajstić information content (AvgIpc) is 3.11. The van der Waals surface area contributed by atoms with E-state index in [2.05, 4.69) is 22.8 Å². The van der Waals surface area contributed by atoms with Gasteiger partial charge in [0, 0.05) is 17.8 Å². The molecule has 0 bridgehead atoms. The number of thiophene rings is 1. The first-order valence-corrected chi connectivity index (χ1v) is 7.74. The van der Waals surface area contributed by atoms with Crippen LogP contribution in [0.4, 0.5) is 0 Å². The Morgan fingerprint density at radius 2 is 2.25 bits per heavy atom. The molecular formula is C15H18N2O2S. The van der Waals surface area contributed by atoms with Gasteiger partial charge >= 0.3 is 0 Å². The van der Waals surface area contributed by atoms with E-state index < -0.39 is 0 Å². The van der Waals surface area contributed by atoms with Crippen LogP contribution in [-0.2, 0) is 16.1 Å². The molecule has 2 aromatic rings. The number of hydrogen-bond acceptors (Lipinski definition) is 4. The molecule has 106 valence electrons. The molecule has 1 aliphatic rings. The van der Waals surface area contributed by atoms with Crippen molar-refractivity contribution in [2.45, 2.75) is 31.6 Å². The summed E-state index contributed by atoms with van der Waals surface area (Å²) in [5.41, 5.74) is 6.71. The van der Waals surface area contributed by atoms with Gasteiger partial charge in [0.05, 0.1) is 6.10 Å². The minimum Gasteiger partial charge on any atom is -0.364 e. The third kappa shape index (κ3) is 2.70. The second-order valence-electron chi connectivity index (χ2n) is 5.03. The number of carbonyl (C=O) groups is 1. The van der Waals surface area contributed by atoms with Crippen LogP contribution in [0.5, 0.6) is 0 Å².